The van der Waals surface area contributed by atoms with Crippen LogP contribution in [0.3, 0.4) is 0 Å². The molecule has 0 aliphatic rings. The molecule has 0 radical (unpaired) electrons. The molecule has 1 aromatic rings. The van der Waals surface area contributed by atoms with Gasteiger partial charge in [0.05, 0.1) is 6.26 Å². The normalized spacial score (nSPS) is 11.4. The Morgan fingerprint density at radius 2 is 2.05 bits per heavy atom. The van der Waals surface area contributed by atoms with Gasteiger partial charge in [-0.25, -0.2) is 13.1 Å². The van der Waals surface area contributed by atoms with Crippen molar-refractivity contribution in [2.45, 2.75) is 13.0 Å². The van der Waals surface area contributed by atoms with Gasteiger partial charge in [-0.1, -0.05) is 12.1 Å². The second kappa shape index (κ2) is 7.22. The van der Waals surface area contributed by atoms with Crippen molar-refractivity contribution in [3.8, 4) is 0 Å². The van der Waals surface area contributed by atoms with Gasteiger partial charge in [0.1, 0.15) is 0 Å². The highest BCUT2D eigenvalue weighted by Gasteiger charge is 2.01. The van der Waals surface area contributed by atoms with Crippen molar-refractivity contribution in [1.29, 1.82) is 0 Å². The van der Waals surface area contributed by atoms with Crippen molar-refractivity contribution in [3.05, 3.63) is 35.4 Å². The highest BCUT2D eigenvalue weighted by molar-refractivity contribution is 7.88. The molecule has 7 heteroatoms. The average molecular weight is 285 g/mol. The summed E-state index contributed by atoms with van der Waals surface area (Å²) in [6, 6.07) is 7.09. The first-order valence-electron chi connectivity index (χ1n) is 5.92. The molecule has 0 aliphatic carbocycles. The summed E-state index contributed by atoms with van der Waals surface area (Å²) in [5, 5.41) is 3.17. The quantitative estimate of drug-likeness (QED) is 0.576. The Hall–Kier alpha value is -1.44. The third kappa shape index (κ3) is 6.90. The molecule has 106 valence electrons. The molecule has 0 atom stereocenters. The van der Waals surface area contributed by atoms with E-state index < -0.39 is 15.9 Å². The highest BCUT2D eigenvalue weighted by Crippen LogP contribution is 2.04. The number of amides is 1. The second-order valence-electron chi connectivity index (χ2n) is 4.26. The van der Waals surface area contributed by atoms with Gasteiger partial charge < -0.3 is 11.1 Å². The van der Waals surface area contributed by atoms with Crippen molar-refractivity contribution >= 4 is 15.9 Å². The van der Waals surface area contributed by atoms with Crippen LogP contribution in [0.5, 0.6) is 0 Å². The molecule has 0 spiro atoms. The highest BCUT2D eigenvalue weighted by atomic mass is 32.2. The molecule has 0 bridgehead atoms. The third-order valence-corrected chi connectivity index (χ3v) is 3.16. The Labute approximate surface area is 113 Å². The fourth-order valence-corrected chi connectivity index (χ4v) is 2.05. The molecule has 1 aromatic carbocycles. The summed E-state index contributed by atoms with van der Waals surface area (Å²) in [5.74, 6) is -0.445. The number of carbonyl (C=O) groups excluding carboxylic acids is 1. The van der Waals surface area contributed by atoms with Gasteiger partial charge in [0.2, 0.25) is 15.9 Å². The molecule has 1 amide bonds. The molecular formula is C12H19N3O3S. The minimum Gasteiger partial charge on any atom is -0.366 e. The van der Waals surface area contributed by atoms with Crippen molar-refractivity contribution in [2.24, 2.45) is 5.73 Å². The van der Waals surface area contributed by atoms with E-state index in [4.69, 9.17) is 5.73 Å². The largest absolute Gasteiger partial charge is 0.366 e. The summed E-state index contributed by atoms with van der Waals surface area (Å²) < 4.78 is 24.0. The van der Waals surface area contributed by atoms with E-state index in [0.29, 0.717) is 31.6 Å². The van der Waals surface area contributed by atoms with E-state index in [2.05, 4.69) is 10.0 Å². The molecule has 0 saturated carbocycles. The molecule has 0 aliphatic heterocycles. The molecule has 0 saturated heterocycles. The number of hydrogen-bond donors (Lipinski definition) is 3. The van der Waals surface area contributed by atoms with Crippen LogP contribution in [0.1, 0.15) is 22.3 Å². The van der Waals surface area contributed by atoms with Crippen LogP contribution in [0.25, 0.3) is 0 Å². The lowest BCUT2D eigenvalue weighted by molar-refractivity contribution is 0.1000. The predicted molar refractivity (Wildman–Crippen MR) is 74.1 cm³/mol. The Bertz CT molecular complexity index is 529. The molecule has 4 N–H and O–H groups in total. The summed E-state index contributed by atoms with van der Waals surface area (Å²) >= 11 is 0. The lowest BCUT2D eigenvalue weighted by atomic mass is 10.1. The van der Waals surface area contributed by atoms with E-state index in [9.17, 15) is 13.2 Å². The van der Waals surface area contributed by atoms with E-state index in [1.807, 2.05) is 6.07 Å². The van der Waals surface area contributed by atoms with Gasteiger partial charge in [0, 0.05) is 18.7 Å². The molecular weight excluding hydrogens is 266 g/mol. The zero-order chi connectivity index (χ0) is 14.3. The van der Waals surface area contributed by atoms with E-state index >= 15 is 0 Å². The van der Waals surface area contributed by atoms with Gasteiger partial charge >= 0.3 is 0 Å². The van der Waals surface area contributed by atoms with E-state index in [1.165, 1.54) is 0 Å². The van der Waals surface area contributed by atoms with Gasteiger partial charge in [0.15, 0.2) is 0 Å². The van der Waals surface area contributed by atoms with Crippen molar-refractivity contribution < 1.29 is 13.2 Å². The van der Waals surface area contributed by atoms with Crippen LogP contribution in [0, 0.1) is 0 Å². The van der Waals surface area contributed by atoms with Gasteiger partial charge in [-0.2, -0.15) is 0 Å². The van der Waals surface area contributed by atoms with Crippen LogP contribution in [0.2, 0.25) is 0 Å². The van der Waals surface area contributed by atoms with E-state index in [-0.39, 0.29) is 0 Å². The Balaban J connectivity index is 2.26. The summed E-state index contributed by atoms with van der Waals surface area (Å²) in [4.78, 5) is 11.0. The van der Waals surface area contributed by atoms with Crippen molar-refractivity contribution in [1.82, 2.24) is 10.0 Å². The van der Waals surface area contributed by atoms with Gasteiger partial charge in [-0.05, 0) is 30.7 Å². The van der Waals surface area contributed by atoms with Gasteiger partial charge in [-0.3, -0.25) is 4.79 Å². The zero-order valence-electron chi connectivity index (χ0n) is 10.8. The van der Waals surface area contributed by atoms with Crippen LogP contribution in [0.4, 0.5) is 0 Å². The van der Waals surface area contributed by atoms with Crippen LogP contribution < -0.4 is 15.8 Å². The minimum atomic E-state index is -3.11. The SMILES string of the molecule is CS(=O)(=O)NCCCNCc1cccc(C(N)=O)c1. The zero-order valence-corrected chi connectivity index (χ0v) is 11.7. The van der Waals surface area contributed by atoms with E-state index in [1.54, 1.807) is 18.2 Å². The maximum Gasteiger partial charge on any atom is 0.248 e. The lowest BCUT2D eigenvalue weighted by Gasteiger charge is -2.06. The molecule has 0 aromatic heterocycles. The summed E-state index contributed by atoms with van der Waals surface area (Å²) in [7, 11) is -3.11. The number of rotatable bonds is 8. The number of benzene rings is 1. The van der Waals surface area contributed by atoms with Crippen LogP contribution in [0.15, 0.2) is 24.3 Å². The van der Waals surface area contributed by atoms with Crippen LogP contribution in [-0.4, -0.2) is 33.7 Å². The summed E-state index contributed by atoms with van der Waals surface area (Å²) in [6.07, 6.45) is 1.83. The van der Waals surface area contributed by atoms with Crippen LogP contribution >= 0.6 is 0 Å². The van der Waals surface area contributed by atoms with E-state index in [0.717, 1.165) is 11.8 Å². The Kier molecular flexibility index (Phi) is 5.94. The third-order valence-electron chi connectivity index (χ3n) is 2.44. The van der Waals surface area contributed by atoms with Crippen molar-refractivity contribution in [2.75, 3.05) is 19.3 Å². The molecule has 0 fully saturated rings. The summed E-state index contributed by atoms with van der Waals surface area (Å²) in [5.41, 5.74) is 6.64. The monoisotopic (exact) mass is 285 g/mol. The number of sulfonamides is 1. The molecule has 19 heavy (non-hydrogen) atoms. The standard InChI is InChI=1S/C12H19N3O3S/c1-19(17,18)15-7-3-6-14-9-10-4-2-5-11(8-10)12(13)16/h2,4-5,8,14-15H,3,6-7,9H2,1H3,(H2,13,16). The lowest BCUT2D eigenvalue weighted by Crippen LogP contribution is -2.26. The average Bonchev–Trinajstić information content (AvgIpc) is 2.32. The maximum absolute atomic E-state index is 11.0. The fourth-order valence-electron chi connectivity index (χ4n) is 1.54. The molecule has 0 heterocycles. The smallest absolute Gasteiger partial charge is 0.248 e. The Morgan fingerprint density at radius 1 is 1.32 bits per heavy atom. The number of nitrogens with two attached hydrogens (primary N) is 1. The first-order chi connectivity index (χ1) is 8.88. The number of carbonyl (C=O) groups is 1. The molecule has 1 rings (SSSR count). The predicted octanol–water partition coefficient (Wildman–Crippen LogP) is -0.186. The Morgan fingerprint density at radius 3 is 2.68 bits per heavy atom. The first-order valence-corrected chi connectivity index (χ1v) is 7.82. The number of hydrogen-bond acceptors (Lipinski definition) is 4. The minimum absolute atomic E-state index is 0.410. The molecule has 0 unspecified atom stereocenters. The first kappa shape index (κ1) is 15.6. The maximum atomic E-state index is 11.0. The van der Waals surface area contributed by atoms with Gasteiger partial charge in [-0.15, -0.1) is 0 Å². The summed E-state index contributed by atoms with van der Waals surface area (Å²) in [6.45, 7) is 1.70. The number of primary amides is 1. The van der Waals surface area contributed by atoms with Gasteiger partial charge in [0.25, 0.3) is 0 Å². The molecule has 6 nitrogen and oxygen atoms in total. The van der Waals surface area contributed by atoms with Crippen LogP contribution in [-0.2, 0) is 16.6 Å². The fraction of sp³-hybridized carbons (Fsp3) is 0.417. The second-order valence-corrected chi connectivity index (χ2v) is 6.09. The van der Waals surface area contributed by atoms with Crippen molar-refractivity contribution in [3.63, 3.8) is 0 Å². The number of nitrogens with one attached hydrogen (secondary N) is 2. The topological polar surface area (TPSA) is 101 Å².